The van der Waals surface area contributed by atoms with E-state index in [-0.39, 0.29) is 35.0 Å². The van der Waals surface area contributed by atoms with Crippen molar-refractivity contribution in [1.82, 2.24) is 0 Å². The first-order valence-electron chi connectivity index (χ1n) is 11.1. The van der Waals surface area contributed by atoms with E-state index in [0.717, 1.165) is 51.4 Å². The van der Waals surface area contributed by atoms with Crippen LogP contribution in [0.1, 0.15) is 105 Å². The number of cyclic esters (lactones) is 2. The van der Waals surface area contributed by atoms with Crippen molar-refractivity contribution in [3.05, 3.63) is 0 Å². The minimum Gasteiger partial charge on any atom is -0.461 e. The van der Waals surface area contributed by atoms with Crippen molar-refractivity contribution >= 4 is 17.7 Å². The summed E-state index contributed by atoms with van der Waals surface area (Å²) in [5.74, 6) is 0.167. The molecule has 0 aromatic rings. The molecule has 160 valence electrons. The molecule has 2 heterocycles. The molecule has 28 heavy (non-hydrogen) atoms. The van der Waals surface area contributed by atoms with Gasteiger partial charge in [-0.25, -0.2) is 0 Å². The second kappa shape index (κ2) is 9.89. The van der Waals surface area contributed by atoms with Crippen LogP contribution in [0, 0.1) is 10.8 Å². The maximum atomic E-state index is 12.2. The van der Waals surface area contributed by atoms with Crippen molar-refractivity contribution in [2.24, 2.45) is 10.8 Å². The van der Waals surface area contributed by atoms with E-state index in [1.807, 2.05) is 0 Å². The van der Waals surface area contributed by atoms with Gasteiger partial charge in [-0.1, -0.05) is 47.0 Å². The SMILES string of the molecule is CCCC(C)(CCCCC(=O)CCCCC(C)(C)C1CC(=O)O1)C1CC(=O)O1. The number of carbonyl (C=O) groups is 3. The van der Waals surface area contributed by atoms with E-state index >= 15 is 0 Å². The standard InChI is InChI=1S/C23H38O5/c1-5-12-23(4,19-16-21(26)28-19)14-9-7-11-17(24)10-6-8-13-22(2,3)18-15-20(25)27-18/h18-19H,5-16H2,1-4H3. The van der Waals surface area contributed by atoms with Gasteiger partial charge in [0.25, 0.3) is 0 Å². The number of rotatable bonds is 14. The largest absolute Gasteiger partial charge is 0.461 e. The number of carbonyl (C=O) groups excluding carboxylic acids is 3. The first kappa shape index (κ1) is 22.9. The lowest BCUT2D eigenvalue weighted by Crippen LogP contribution is -2.45. The van der Waals surface area contributed by atoms with Crippen LogP contribution in [0.4, 0.5) is 0 Å². The second-order valence-corrected chi connectivity index (χ2v) is 9.71. The van der Waals surface area contributed by atoms with Gasteiger partial charge in [0.15, 0.2) is 0 Å². The highest BCUT2D eigenvalue weighted by Gasteiger charge is 2.43. The number of unbranched alkanes of at least 4 members (excludes halogenated alkanes) is 2. The Morgan fingerprint density at radius 2 is 1.36 bits per heavy atom. The van der Waals surface area contributed by atoms with E-state index in [2.05, 4.69) is 27.7 Å². The van der Waals surface area contributed by atoms with Gasteiger partial charge in [0.2, 0.25) is 0 Å². The van der Waals surface area contributed by atoms with Gasteiger partial charge in [-0.05, 0) is 32.1 Å². The van der Waals surface area contributed by atoms with Crippen molar-refractivity contribution in [2.75, 3.05) is 0 Å². The van der Waals surface area contributed by atoms with E-state index in [0.29, 0.717) is 31.5 Å². The molecule has 2 fully saturated rings. The Kier molecular flexibility index (Phi) is 8.08. The summed E-state index contributed by atoms with van der Waals surface area (Å²) in [4.78, 5) is 34.3. The second-order valence-electron chi connectivity index (χ2n) is 9.71. The molecule has 2 aliphatic heterocycles. The molecule has 0 radical (unpaired) electrons. The van der Waals surface area contributed by atoms with Crippen LogP contribution in [0.5, 0.6) is 0 Å². The Morgan fingerprint density at radius 1 is 0.857 bits per heavy atom. The van der Waals surface area contributed by atoms with Crippen LogP contribution in [0.25, 0.3) is 0 Å². The Balaban J connectivity index is 1.55. The van der Waals surface area contributed by atoms with Crippen molar-refractivity contribution in [3.63, 3.8) is 0 Å². The van der Waals surface area contributed by atoms with Crippen molar-refractivity contribution in [3.8, 4) is 0 Å². The summed E-state index contributed by atoms with van der Waals surface area (Å²) in [6.07, 6.45) is 10.5. The first-order valence-corrected chi connectivity index (χ1v) is 11.1. The van der Waals surface area contributed by atoms with Crippen LogP contribution in [-0.4, -0.2) is 29.9 Å². The fourth-order valence-corrected chi connectivity index (χ4v) is 4.48. The number of ether oxygens (including phenoxy) is 2. The van der Waals surface area contributed by atoms with Crippen LogP contribution in [0.3, 0.4) is 0 Å². The van der Waals surface area contributed by atoms with Crippen LogP contribution in [0.15, 0.2) is 0 Å². The van der Waals surface area contributed by atoms with Crippen molar-refractivity contribution in [2.45, 2.75) is 117 Å². The van der Waals surface area contributed by atoms with Gasteiger partial charge in [0.1, 0.15) is 18.0 Å². The fourth-order valence-electron chi connectivity index (χ4n) is 4.48. The molecule has 3 unspecified atom stereocenters. The Bertz CT molecular complexity index is 551. The third kappa shape index (κ3) is 6.31. The van der Waals surface area contributed by atoms with Gasteiger partial charge in [0.05, 0.1) is 12.8 Å². The van der Waals surface area contributed by atoms with Crippen LogP contribution < -0.4 is 0 Å². The molecule has 5 nitrogen and oxygen atoms in total. The molecule has 2 aliphatic rings. The van der Waals surface area contributed by atoms with E-state index < -0.39 is 0 Å². The Hall–Kier alpha value is -1.39. The number of Topliss-reactive ketones (excluding diaryl/α,β-unsaturated/α-hetero) is 1. The fraction of sp³-hybridized carbons (Fsp3) is 0.870. The van der Waals surface area contributed by atoms with Gasteiger partial charge in [-0.3, -0.25) is 14.4 Å². The monoisotopic (exact) mass is 394 g/mol. The zero-order valence-corrected chi connectivity index (χ0v) is 18.2. The molecule has 2 rings (SSSR count). The third-order valence-corrected chi connectivity index (χ3v) is 6.70. The lowest BCUT2D eigenvalue weighted by molar-refractivity contribution is -0.184. The minimum atomic E-state index is -0.0984. The highest BCUT2D eigenvalue weighted by molar-refractivity contribution is 5.78. The molecule has 0 aliphatic carbocycles. The minimum absolute atomic E-state index is 0.00563. The predicted octanol–water partition coefficient (Wildman–Crippen LogP) is 5.14. The Morgan fingerprint density at radius 3 is 1.86 bits per heavy atom. The summed E-state index contributed by atoms with van der Waals surface area (Å²) in [6, 6.07) is 0. The summed E-state index contributed by atoms with van der Waals surface area (Å²) < 4.78 is 10.5. The number of hydrogen-bond donors (Lipinski definition) is 0. The first-order chi connectivity index (χ1) is 13.2. The average Bonchev–Trinajstić information content (AvgIpc) is 2.57. The van der Waals surface area contributed by atoms with E-state index in [1.165, 1.54) is 0 Å². The van der Waals surface area contributed by atoms with Gasteiger partial charge >= 0.3 is 11.9 Å². The summed E-state index contributed by atoms with van der Waals surface area (Å²) in [5.41, 5.74) is 0.0634. The number of hydrogen-bond acceptors (Lipinski definition) is 5. The number of esters is 2. The molecule has 0 saturated carbocycles. The normalized spacial score (nSPS) is 23.9. The molecule has 0 amide bonds. The van der Waals surface area contributed by atoms with Gasteiger partial charge < -0.3 is 9.47 Å². The molecule has 0 aromatic heterocycles. The molecule has 0 N–H and O–H groups in total. The topological polar surface area (TPSA) is 69.7 Å². The molecular weight excluding hydrogens is 356 g/mol. The average molecular weight is 395 g/mol. The zero-order valence-electron chi connectivity index (χ0n) is 18.2. The molecular formula is C23H38O5. The zero-order chi connectivity index (χ0) is 20.8. The van der Waals surface area contributed by atoms with Gasteiger partial charge in [0, 0.05) is 23.7 Å². The van der Waals surface area contributed by atoms with E-state index in [1.54, 1.807) is 0 Å². The Labute approximate surface area is 169 Å². The molecule has 0 aromatic carbocycles. The van der Waals surface area contributed by atoms with Gasteiger partial charge in [-0.2, -0.15) is 0 Å². The summed E-state index contributed by atoms with van der Waals surface area (Å²) in [5, 5.41) is 0. The summed E-state index contributed by atoms with van der Waals surface area (Å²) in [6.45, 7) is 8.66. The maximum absolute atomic E-state index is 12.2. The van der Waals surface area contributed by atoms with Gasteiger partial charge in [-0.15, -0.1) is 0 Å². The van der Waals surface area contributed by atoms with Crippen molar-refractivity contribution in [1.29, 1.82) is 0 Å². The molecule has 0 bridgehead atoms. The van der Waals surface area contributed by atoms with E-state index in [9.17, 15) is 14.4 Å². The molecule has 0 spiro atoms. The molecule has 2 saturated heterocycles. The summed E-state index contributed by atoms with van der Waals surface area (Å²) >= 11 is 0. The maximum Gasteiger partial charge on any atom is 0.309 e. The molecule has 3 atom stereocenters. The van der Waals surface area contributed by atoms with Crippen molar-refractivity contribution < 1.29 is 23.9 Å². The van der Waals surface area contributed by atoms with Crippen LogP contribution >= 0.6 is 0 Å². The molecule has 5 heteroatoms. The third-order valence-electron chi connectivity index (χ3n) is 6.70. The highest BCUT2D eigenvalue weighted by Crippen LogP contribution is 2.41. The smallest absolute Gasteiger partial charge is 0.309 e. The lowest BCUT2D eigenvalue weighted by Gasteiger charge is -2.42. The number of ketones is 1. The summed E-state index contributed by atoms with van der Waals surface area (Å²) in [7, 11) is 0. The van der Waals surface area contributed by atoms with Crippen LogP contribution in [0.2, 0.25) is 0 Å². The highest BCUT2D eigenvalue weighted by atomic mass is 16.6. The van der Waals surface area contributed by atoms with Crippen LogP contribution in [-0.2, 0) is 23.9 Å². The lowest BCUT2D eigenvalue weighted by atomic mass is 9.73. The van der Waals surface area contributed by atoms with E-state index in [4.69, 9.17) is 9.47 Å². The predicted molar refractivity (Wildman–Crippen MR) is 108 cm³/mol. The quantitative estimate of drug-likeness (QED) is 0.301.